The lowest BCUT2D eigenvalue weighted by molar-refractivity contribution is 0.691. The van der Waals surface area contributed by atoms with Crippen LogP contribution >= 0.6 is 0 Å². The number of rotatable bonds is 4. The zero-order valence-electron chi connectivity index (χ0n) is 9.75. The van der Waals surface area contributed by atoms with Gasteiger partial charge in [-0.2, -0.15) is 5.10 Å². The molecule has 1 heterocycles. The minimum Gasteiger partial charge on any atom is -0.308 e. The first-order valence-electron chi connectivity index (χ1n) is 5.50. The average molecular weight is 215 g/mol. The van der Waals surface area contributed by atoms with E-state index in [1.54, 1.807) is 0 Å². The summed E-state index contributed by atoms with van der Waals surface area (Å²) in [5, 5.41) is 10.1. The Balaban J connectivity index is 1.90. The van der Waals surface area contributed by atoms with Gasteiger partial charge in [-0.3, -0.25) is 5.10 Å². The quantitative estimate of drug-likeness (QED) is 0.821. The number of aromatic nitrogens is 2. The number of hydrogen-bond donors (Lipinski definition) is 2. The van der Waals surface area contributed by atoms with Crippen molar-refractivity contribution in [3.05, 3.63) is 52.8 Å². The summed E-state index contributed by atoms with van der Waals surface area (Å²) < 4.78 is 0. The van der Waals surface area contributed by atoms with Gasteiger partial charge in [0.2, 0.25) is 0 Å². The summed E-state index contributed by atoms with van der Waals surface area (Å²) in [4.78, 5) is 0. The normalized spacial score (nSPS) is 10.6. The maximum absolute atomic E-state index is 3.91. The maximum Gasteiger partial charge on any atom is 0.0532 e. The van der Waals surface area contributed by atoms with Crippen LogP contribution in [0.3, 0.4) is 0 Å². The Morgan fingerprint density at radius 3 is 2.81 bits per heavy atom. The van der Waals surface area contributed by atoms with Crippen LogP contribution in [0.2, 0.25) is 0 Å². The van der Waals surface area contributed by atoms with Crippen LogP contribution < -0.4 is 5.32 Å². The predicted octanol–water partition coefficient (Wildman–Crippen LogP) is 2.32. The molecule has 84 valence electrons. The highest BCUT2D eigenvalue weighted by Crippen LogP contribution is 2.10. The molecule has 0 amide bonds. The van der Waals surface area contributed by atoms with Crippen molar-refractivity contribution in [3.8, 4) is 0 Å². The van der Waals surface area contributed by atoms with E-state index in [4.69, 9.17) is 0 Å². The molecule has 1 aromatic heterocycles. The molecule has 1 aromatic carbocycles. The summed E-state index contributed by atoms with van der Waals surface area (Å²) in [5.41, 5.74) is 5.20. The largest absolute Gasteiger partial charge is 0.308 e. The molecule has 0 saturated carbocycles. The third-order valence-electron chi connectivity index (χ3n) is 2.70. The van der Waals surface area contributed by atoms with Crippen molar-refractivity contribution < 1.29 is 0 Å². The molecule has 0 radical (unpaired) electrons. The van der Waals surface area contributed by atoms with Crippen LogP contribution in [-0.2, 0) is 13.1 Å². The molecule has 0 atom stereocenters. The Hall–Kier alpha value is -1.61. The van der Waals surface area contributed by atoms with E-state index >= 15 is 0 Å². The molecule has 2 aromatic rings. The highest BCUT2D eigenvalue weighted by Gasteiger charge is 1.98. The lowest BCUT2D eigenvalue weighted by atomic mass is 10.1. The molecular formula is C13H17N3. The first-order chi connectivity index (χ1) is 7.75. The average Bonchev–Trinajstić information content (AvgIpc) is 2.74. The van der Waals surface area contributed by atoms with E-state index in [9.17, 15) is 0 Å². The molecular weight excluding hydrogens is 198 g/mol. The van der Waals surface area contributed by atoms with Crippen molar-refractivity contribution >= 4 is 0 Å². The van der Waals surface area contributed by atoms with Crippen LogP contribution in [0.15, 0.2) is 30.6 Å². The number of H-pyrrole nitrogens is 1. The van der Waals surface area contributed by atoms with Gasteiger partial charge >= 0.3 is 0 Å². The van der Waals surface area contributed by atoms with Gasteiger partial charge in [0.1, 0.15) is 0 Å². The van der Waals surface area contributed by atoms with Gasteiger partial charge in [-0.1, -0.05) is 23.8 Å². The summed E-state index contributed by atoms with van der Waals surface area (Å²) in [6, 6.07) is 6.56. The fourth-order valence-electron chi connectivity index (χ4n) is 1.76. The SMILES string of the molecule is Cc1ccc(CNCc2cn[nH]c2)c(C)c1. The Morgan fingerprint density at radius 2 is 2.12 bits per heavy atom. The highest BCUT2D eigenvalue weighted by atomic mass is 15.1. The summed E-state index contributed by atoms with van der Waals surface area (Å²) in [7, 11) is 0. The van der Waals surface area contributed by atoms with Gasteiger partial charge in [-0.15, -0.1) is 0 Å². The molecule has 0 bridgehead atoms. The smallest absolute Gasteiger partial charge is 0.0532 e. The van der Waals surface area contributed by atoms with E-state index in [2.05, 4.69) is 47.6 Å². The Kier molecular flexibility index (Phi) is 3.37. The monoisotopic (exact) mass is 215 g/mol. The lowest BCUT2D eigenvalue weighted by Crippen LogP contribution is -2.13. The van der Waals surface area contributed by atoms with Crippen LogP contribution in [0.25, 0.3) is 0 Å². The van der Waals surface area contributed by atoms with Gasteiger partial charge in [0.05, 0.1) is 6.20 Å². The molecule has 0 saturated heterocycles. The standard InChI is InChI=1S/C13H17N3/c1-10-3-4-13(11(2)5-10)9-14-6-12-7-15-16-8-12/h3-5,7-8,14H,6,9H2,1-2H3,(H,15,16). The molecule has 3 heteroatoms. The maximum atomic E-state index is 3.91. The van der Waals surface area contributed by atoms with Gasteiger partial charge in [0, 0.05) is 24.8 Å². The third kappa shape index (κ3) is 2.70. The second-order valence-corrected chi connectivity index (χ2v) is 4.14. The van der Waals surface area contributed by atoms with Gasteiger partial charge in [0.15, 0.2) is 0 Å². The number of benzene rings is 1. The van der Waals surface area contributed by atoms with Crippen molar-refractivity contribution in [1.82, 2.24) is 15.5 Å². The zero-order valence-corrected chi connectivity index (χ0v) is 9.75. The summed E-state index contributed by atoms with van der Waals surface area (Å²) in [5.74, 6) is 0. The van der Waals surface area contributed by atoms with E-state index in [1.165, 1.54) is 22.3 Å². The van der Waals surface area contributed by atoms with E-state index in [-0.39, 0.29) is 0 Å². The molecule has 2 N–H and O–H groups in total. The van der Waals surface area contributed by atoms with Crippen molar-refractivity contribution in [1.29, 1.82) is 0 Å². The van der Waals surface area contributed by atoms with Crippen LogP contribution in [0, 0.1) is 13.8 Å². The Morgan fingerprint density at radius 1 is 1.25 bits per heavy atom. The van der Waals surface area contributed by atoms with Crippen molar-refractivity contribution in [2.24, 2.45) is 0 Å². The lowest BCUT2D eigenvalue weighted by Gasteiger charge is -2.07. The number of hydrogen-bond acceptors (Lipinski definition) is 2. The van der Waals surface area contributed by atoms with Gasteiger partial charge < -0.3 is 5.32 Å². The number of nitrogens with zero attached hydrogens (tertiary/aromatic N) is 1. The van der Waals surface area contributed by atoms with Crippen molar-refractivity contribution in [3.63, 3.8) is 0 Å². The van der Waals surface area contributed by atoms with Crippen molar-refractivity contribution in [2.45, 2.75) is 26.9 Å². The van der Waals surface area contributed by atoms with Crippen LogP contribution in [-0.4, -0.2) is 10.2 Å². The molecule has 0 unspecified atom stereocenters. The molecule has 3 nitrogen and oxygen atoms in total. The van der Waals surface area contributed by atoms with E-state index in [0.29, 0.717) is 0 Å². The van der Waals surface area contributed by atoms with E-state index in [0.717, 1.165) is 13.1 Å². The van der Waals surface area contributed by atoms with Crippen molar-refractivity contribution in [2.75, 3.05) is 0 Å². The first-order valence-corrected chi connectivity index (χ1v) is 5.50. The topological polar surface area (TPSA) is 40.7 Å². The third-order valence-corrected chi connectivity index (χ3v) is 2.70. The Bertz CT molecular complexity index is 446. The predicted molar refractivity (Wildman–Crippen MR) is 65.0 cm³/mol. The molecule has 2 rings (SSSR count). The summed E-state index contributed by atoms with van der Waals surface area (Å²) in [6.07, 6.45) is 3.75. The minimum atomic E-state index is 0.851. The fourth-order valence-corrected chi connectivity index (χ4v) is 1.76. The highest BCUT2D eigenvalue weighted by molar-refractivity contribution is 5.30. The van der Waals surface area contributed by atoms with Crippen LogP contribution in [0.4, 0.5) is 0 Å². The second-order valence-electron chi connectivity index (χ2n) is 4.14. The molecule has 0 fully saturated rings. The second kappa shape index (κ2) is 4.94. The van der Waals surface area contributed by atoms with Gasteiger partial charge in [-0.25, -0.2) is 0 Å². The number of nitrogens with one attached hydrogen (secondary N) is 2. The minimum absolute atomic E-state index is 0.851. The molecule has 0 spiro atoms. The first kappa shape index (κ1) is 10.9. The number of aromatic amines is 1. The van der Waals surface area contributed by atoms with Crippen LogP contribution in [0.1, 0.15) is 22.3 Å². The molecule has 0 aliphatic carbocycles. The Labute approximate surface area is 95.9 Å². The van der Waals surface area contributed by atoms with E-state index in [1.807, 2.05) is 12.4 Å². The van der Waals surface area contributed by atoms with Crippen LogP contribution in [0.5, 0.6) is 0 Å². The zero-order chi connectivity index (χ0) is 11.4. The molecule has 16 heavy (non-hydrogen) atoms. The van der Waals surface area contributed by atoms with Gasteiger partial charge in [0.25, 0.3) is 0 Å². The van der Waals surface area contributed by atoms with Gasteiger partial charge in [-0.05, 0) is 25.0 Å². The number of aryl methyl sites for hydroxylation is 2. The summed E-state index contributed by atoms with van der Waals surface area (Å²) in [6.45, 7) is 6.03. The summed E-state index contributed by atoms with van der Waals surface area (Å²) >= 11 is 0. The fraction of sp³-hybridized carbons (Fsp3) is 0.308. The van der Waals surface area contributed by atoms with E-state index < -0.39 is 0 Å². The molecule has 0 aliphatic heterocycles. The molecule has 0 aliphatic rings.